The van der Waals surface area contributed by atoms with Crippen molar-refractivity contribution in [2.24, 2.45) is 0 Å². The van der Waals surface area contributed by atoms with Gasteiger partial charge in [0.05, 0.1) is 25.3 Å². The highest BCUT2D eigenvalue weighted by Gasteiger charge is 1.99. The standard InChI is InChI=1S/C11H13N3O/c1-2-6-12-9-11(15)14-8-10-5-3-4-7-13-10/h1,3-5,7,12H,6,8-9H2,(H,14,15). The van der Waals surface area contributed by atoms with Gasteiger partial charge in [-0.25, -0.2) is 0 Å². The second-order valence-corrected chi connectivity index (χ2v) is 2.91. The molecule has 1 aromatic heterocycles. The van der Waals surface area contributed by atoms with E-state index in [1.165, 1.54) is 0 Å². The Bertz CT molecular complexity index is 343. The lowest BCUT2D eigenvalue weighted by Gasteiger charge is -2.04. The van der Waals surface area contributed by atoms with Gasteiger partial charge in [-0.3, -0.25) is 15.1 Å². The van der Waals surface area contributed by atoms with E-state index in [1.807, 2.05) is 18.2 Å². The molecule has 15 heavy (non-hydrogen) atoms. The van der Waals surface area contributed by atoms with E-state index in [0.717, 1.165) is 5.69 Å². The van der Waals surface area contributed by atoms with Gasteiger partial charge in [0.15, 0.2) is 0 Å². The molecule has 0 fully saturated rings. The minimum atomic E-state index is -0.0871. The van der Waals surface area contributed by atoms with Gasteiger partial charge >= 0.3 is 0 Å². The number of hydrogen-bond acceptors (Lipinski definition) is 3. The SMILES string of the molecule is C#CCNCC(=O)NCc1ccccn1. The lowest BCUT2D eigenvalue weighted by molar-refractivity contribution is -0.120. The van der Waals surface area contributed by atoms with Gasteiger partial charge < -0.3 is 5.32 Å². The van der Waals surface area contributed by atoms with Crippen molar-refractivity contribution in [2.45, 2.75) is 6.54 Å². The number of carbonyl (C=O) groups excluding carboxylic acids is 1. The number of nitrogens with zero attached hydrogens (tertiary/aromatic N) is 1. The molecule has 0 aliphatic carbocycles. The summed E-state index contributed by atoms with van der Waals surface area (Å²) in [6.45, 7) is 1.07. The molecule has 78 valence electrons. The molecule has 0 unspecified atom stereocenters. The molecule has 0 radical (unpaired) electrons. The molecule has 0 aromatic carbocycles. The molecule has 0 bridgehead atoms. The summed E-state index contributed by atoms with van der Waals surface area (Å²) >= 11 is 0. The van der Waals surface area contributed by atoms with Crippen LogP contribution in [0.3, 0.4) is 0 Å². The van der Waals surface area contributed by atoms with E-state index in [-0.39, 0.29) is 12.5 Å². The van der Waals surface area contributed by atoms with Gasteiger partial charge in [-0.15, -0.1) is 6.42 Å². The molecule has 0 spiro atoms. The van der Waals surface area contributed by atoms with E-state index in [2.05, 4.69) is 21.5 Å². The number of hydrogen-bond donors (Lipinski definition) is 2. The third-order valence-corrected chi connectivity index (χ3v) is 1.71. The monoisotopic (exact) mass is 203 g/mol. The molecule has 4 nitrogen and oxygen atoms in total. The maximum Gasteiger partial charge on any atom is 0.234 e. The quantitative estimate of drug-likeness (QED) is 0.520. The van der Waals surface area contributed by atoms with Crippen LogP contribution in [0.25, 0.3) is 0 Å². The Balaban J connectivity index is 2.20. The summed E-state index contributed by atoms with van der Waals surface area (Å²) in [6.07, 6.45) is 6.72. The van der Waals surface area contributed by atoms with Crippen LogP contribution in [0.2, 0.25) is 0 Å². The predicted octanol–water partition coefficient (Wildman–Crippen LogP) is -0.0794. The molecular weight excluding hydrogens is 190 g/mol. The summed E-state index contributed by atoms with van der Waals surface area (Å²) in [5.74, 6) is 2.31. The van der Waals surface area contributed by atoms with E-state index < -0.39 is 0 Å². The van der Waals surface area contributed by atoms with Crippen molar-refractivity contribution in [3.8, 4) is 12.3 Å². The lowest BCUT2D eigenvalue weighted by atomic mass is 10.3. The normalized spacial score (nSPS) is 9.27. The molecular formula is C11H13N3O. The average Bonchev–Trinajstić information content (AvgIpc) is 2.28. The molecule has 2 N–H and O–H groups in total. The smallest absolute Gasteiger partial charge is 0.234 e. The van der Waals surface area contributed by atoms with Crippen molar-refractivity contribution in [1.82, 2.24) is 15.6 Å². The number of nitrogens with one attached hydrogen (secondary N) is 2. The zero-order chi connectivity index (χ0) is 10.9. The van der Waals surface area contributed by atoms with Crippen LogP contribution in [0.15, 0.2) is 24.4 Å². The zero-order valence-corrected chi connectivity index (χ0v) is 8.36. The number of carbonyl (C=O) groups is 1. The molecule has 1 amide bonds. The van der Waals surface area contributed by atoms with Gasteiger partial charge in [0, 0.05) is 6.20 Å². The molecule has 0 aliphatic heterocycles. The molecule has 4 heteroatoms. The summed E-state index contributed by atoms with van der Waals surface area (Å²) in [5, 5.41) is 5.53. The summed E-state index contributed by atoms with van der Waals surface area (Å²) < 4.78 is 0. The third kappa shape index (κ3) is 4.79. The van der Waals surface area contributed by atoms with E-state index >= 15 is 0 Å². The van der Waals surface area contributed by atoms with Gasteiger partial charge in [0.25, 0.3) is 0 Å². The van der Waals surface area contributed by atoms with Crippen LogP contribution in [0.5, 0.6) is 0 Å². The number of rotatable bonds is 5. The maximum atomic E-state index is 11.2. The molecule has 1 rings (SSSR count). The Morgan fingerprint density at radius 1 is 1.53 bits per heavy atom. The Morgan fingerprint density at radius 2 is 2.40 bits per heavy atom. The summed E-state index contributed by atoms with van der Waals surface area (Å²) in [7, 11) is 0. The lowest BCUT2D eigenvalue weighted by Crippen LogP contribution is -2.33. The minimum absolute atomic E-state index is 0.0871. The first kappa shape index (κ1) is 11.2. The first-order valence-corrected chi connectivity index (χ1v) is 4.63. The Hall–Kier alpha value is -1.86. The van der Waals surface area contributed by atoms with Crippen molar-refractivity contribution in [3.05, 3.63) is 30.1 Å². The van der Waals surface area contributed by atoms with Crippen LogP contribution in [0, 0.1) is 12.3 Å². The van der Waals surface area contributed by atoms with Crippen molar-refractivity contribution in [3.63, 3.8) is 0 Å². The van der Waals surface area contributed by atoms with Crippen molar-refractivity contribution >= 4 is 5.91 Å². The number of terminal acetylenes is 1. The third-order valence-electron chi connectivity index (χ3n) is 1.71. The number of amides is 1. The molecule has 0 saturated heterocycles. The van der Waals surface area contributed by atoms with Crippen LogP contribution in [-0.4, -0.2) is 24.0 Å². The van der Waals surface area contributed by atoms with Gasteiger partial charge in [0.2, 0.25) is 5.91 Å². The van der Waals surface area contributed by atoms with E-state index in [1.54, 1.807) is 6.20 Å². The summed E-state index contributed by atoms with van der Waals surface area (Å²) in [6, 6.07) is 5.57. The Labute approximate surface area is 89.1 Å². The summed E-state index contributed by atoms with van der Waals surface area (Å²) in [5.41, 5.74) is 0.836. The fraction of sp³-hybridized carbons (Fsp3) is 0.273. The van der Waals surface area contributed by atoms with Gasteiger partial charge in [-0.1, -0.05) is 12.0 Å². The first-order chi connectivity index (χ1) is 7.33. The maximum absolute atomic E-state index is 11.2. The summed E-state index contributed by atoms with van der Waals surface area (Å²) in [4.78, 5) is 15.3. The Morgan fingerprint density at radius 3 is 3.07 bits per heavy atom. The molecule has 0 atom stereocenters. The first-order valence-electron chi connectivity index (χ1n) is 4.63. The fourth-order valence-corrected chi connectivity index (χ4v) is 1.00. The van der Waals surface area contributed by atoms with E-state index in [4.69, 9.17) is 6.42 Å². The molecule has 0 aliphatic rings. The van der Waals surface area contributed by atoms with Crippen LogP contribution in [-0.2, 0) is 11.3 Å². The van der Waals surface area contributed by atoms with Crippen molar-refractivity contribution in [1.29, 1.82) is 0 Å². The highest BCUT2D eigenvalue weighted by molar-refractivity contribution is 5.77. The highest BCUT2D eigenvalue weighted by Crippen LogP contribution is 1.91. The second-order valence-electron chi connectivity index (χ2n) is 2.91. The van der Waals surface area contributed by atoms with Gasteiger partial charge in [0.1, 0.15) is 0 Å². The largest absolute Gasteiger partial charge is 0.349 e. The number of aromatic nitrogens is 1. The Kier molecular flexibility index (Phi) is 4.91. The fourth-order valence-electron chi connectivity index (χ4n) is 1.00. The second kappa shape index (κ2) is 6.57. The van der Waals surface area contributed by atoms with E-state index in [9.17, 15) is 4.79 Å². The highest BCUT2D eigenvalue weighted by atomic mass is 16.1. The van der Waals surface area contributed by atoms with Crippen LogP contribution < -0.4 is 10.6 Å². The van der Waals surface area contributed by atoms with Crippen molar-refractivity contribution in [2.75, 3.05) is 13.1 Å². The predicted molar refractivity (Wildman–Crippen MR) is 57.8 cm³/mol. The van der Waals surface area contributed by atoms with Crippen LogP contribution >= 0.6 is 0 Å². The average molecular weight is 203 g/mol. The van der Waals surface area contributed by atoms with Crippen molar-refractivity contribution < 1.29 is 4.79 Å². The minimum Gasteiger partial charge on any atom is -0.349 e. The van der Waals surface area contributed by atoms with Gasteiger partial charge in [-0.2, -0.15) is 0 Å². The molecule has 1 heterocycles. The van der Waals surface area contributed by atoms with Crippen LogP contribution in [0.4, 0.5) is 0 Å². The van der Waals surface area contributed by atoms with E-state index in [0.29, 0.717) is 13.1 Å². The number of pyridine rings is 1. The molecule has 0 saturated carbocycles. The van der Waals surface area contributed by atoms with Gasteiger partial charge in [-0.05, 0) is 12.1 Å². The topological polar surface area (TPSA) is 54.0 Å². The zero-order valence-electron chi connectivity index (χ0n) is 8.36. The molecule has 1 aromatic rings. The van der Waals surface area contributed by atoms with Crippen LogP contribution in [0.1, 0.15) is 5.69 Å².